The van der Waals surface area contributed by atoms with Crippen LogP contribution in [0.4, 0.5) is 0 Å². The Morgan fingerprint density at radius 3 is 2.72 bits per heavy atom. The van der Waals surface area contributed by atoms with E-state index in [1.165, 1.54) is 16.6 Å². The van der Waals surface area contributed by atoms with Crippen LogP contribution in [0.25, 0.3) is 10.9 Å². The first-order chi connectivity index (χ1) is 8.52. The molecule has 0 saturated carbocycles. The van der Waals surface area contributed by atoms with Crippen molar-refractivity contribution in [2.24, 2.45) is 5.92 Å². The average molecular weight is 245 g/mol. The van der Waals surface area contributed by atoms with E-state index in [2.05, 4.69) is 36.6 Å². The molecule has 1 N–H and O–H groups in total. The molecule has 0 spiro atoms. The topological polar surface area (TPSA) is 42.2 Å². The highest BCUT2D eigenvalue weighted by Crippen LogP contribution is 2.22. The predicted molar refractivity (Wildman–Crippen MR) is 72.9 cm³/mol. The third-order valence-corrected chi connectivity index (χ3v) is 3.45. The van der Waals surface area contributed by atoms with E-state index in [9.17, 15) is 4.79 Å². The number of nitrogens with zero attached hydrogens (tertiary/aromatic N) is 1. The van der Waals surface area contributed by atoms with Gasteiger partial charge in [-0.1, -0.05) is 13.0 Å². The molecule has 1 heterocycles. The molecule has 96 valence electrons. The van der Waals surface area contributed by atoms with Gasteiger partial charge < -0.3 is 9.67 Å². The first-order valence-electron chi connectivity index (χ1n) is 6.34. The van der Waals surface area contributed by atoms with Gasteiger partial charge in [-0.25, -0.2) is 0 Å². The minimum Gasteiger partial charge on any atom is -0.481 e. The molecule has 0 saturated heterocycles. The monoisotopic (exact) mass is 245 g/mol. The number of fused-ring (bicyclic) bond motifs is 1. The van der Waals surface area contributed by atoms with Crippen molar-refractivity contribution >= 4 is 16.9 Å². The third kappa shape index (κ3) is 2.26. The summed E-state index contributed by atoms with van der Waals surface area (Å²) in [6.45, 7) is 6.94. The SMILES string of the molecule is CCn1c(C)cc2cc(CC(C)C(=O)O)ccc21. The van der Waals surface area contributed by atoms with Crippen molar-refractivity contribution in [1.29, 1.82) is 0 Å². The number of aromatic nitrogens is 1. The van der Waals surface area contributed by atoms with Crippen LogP contribution in [0.3, 0.4) is 0 Å². The van der Waals surface area contributed by atoms with Crippen LogP contribution in [0, 0.1) is 12.8 Å². The zero-order chi connectivity index (χ0) is 13.3. The van der Waals surface area contributed by atoms with Gasteiger partial charge in [0.05, 0.1) is 5.92 Å². The van der Waals surface area contributed by atoms with E-state index >= 15 is 0 Å². The van der Waals surface area contributed by atoms with E-state index in [0.29, 0.717) is 6.42 Å². The first-order valence-corrected chi connectivity index (χ1v) is 6.34. The Bertz CT molecular complexity index is 583. The van der Waals surface area contributed by atoms with Gasteiger partial charge in [0.1, 0.15) is 0 Å². The van der Waals surface area contributed by atoms with Crippen LogP contribution in [0.15, 0.2) is 24.3 Å². The predicted octanol–water partition coefficient (Wildman–Crippen LogP) is 3.23. The molecular formula is C15H19NO2. The second kappa shape index (κ2) is 4.84. The van der Waals surface area contributed by atoms with Gasteiger partial charge in [-0.15, -0.1) is 0 Å². The minimum absolute atomic E-state index is 0.336. The molecule has 1 aromatic carbocycles. The molecule has 0 aliphatic heterocycles. The lowest BCUT2D eigenvalue weighted by Crippen LogP contribution is -2.12. The lowest BCUT2D eigenvalue weighted by Gasteiger charge is -2.07. The van der Waals surface area contributed by atoms with Crippen molar-refractivity contribution < 1.29 is 9.90 Å². The maximum absolute atomic E-state index is 10.9. The standard InChI is InChI=1S/C15H19NO2/c1-4-16-11(3)8-13-9-12(5-6-14(13)16)7-10(2)15(17)18/h5-6,8-10H,4,7H2,1-3H3,(H,17,18). The molecule has 0 aliphatic rings. The smallest absolute Gasteiger partial charge is 0.306 e. The molecule has 0 radical (unpaired) electrons. The summed E-state index contributed by atoms with van der Waals surface area (Å²) >= 11 is 0. The van der Waals surface area contributed by atoms with Crippen molar-refractivity contribution in [3.63, 3.8) is 0 Å². The highest BCUT2D eigenvalue weighted by molar-refractivity contribution is 5.82. The van der Waals surface area contributed by atoms with E-state index in [0.717, 1.165) is 12.1 Å². The quantitative estimate of drug-likeness (QED) is 0.898. The number of hydrogen-bond donors (Lipinski definition) is 1. The Balaban J connectivity index is 2.36. The summed E-state index contributed by atoms with van der Waals surface area (Å²) in [4.78, 5) is 10.9. The summed E-state index contributed by atoms with van der Waals surface area (Å²) in [6.07, 6.45) is 0.585. The molecule has 0 fully saturated rings. The van der Waals surface area contributed by atoms with E-state index in [4.69, 9.17) is 5.11 Å². The lowest BCUT2D eigenvalue weighted by molar-refractivity contribution is -0.141. The van der Waals surface area contributed by atoms with Crippen LogP contribution in [-0.2, 0) is 17.8 Å². The van der Waals surface area contributed by atoms with E-state index < -0.39 is 5.97 Å². The number of benzene rings is 1. The van der Waals surface area contributed by atoms with Crippen LogP contribution >= 0.6 is 0 Å². The van der Waals surface area contributed by atoms with Crippen molar-refractivity contribution in [3.05, 3.63) is 35.5 Å². The van der Waals surface area contributed by atoms with Crippen molar-refractivity contribution in [3.8, 4) is 0 Å². The van der Waals surface area contributed by atoms with Gasteiger partial charge in [0.15, 0.2) is 0 Å². The van der Waals surface area contributed by atoms with Crippen LogP contribution in [-0.4, -0.2) is 15.6 Å². The van der Waals surface area contributed by atoms with Gasteiger partial charge in [0.2, 0.25) is 0 Å². The molecule has 2 aromatic rings. The van der Waals surface area contributed by atoms with Crippen molar-refractivity contribution in [1.82, 2.24) is 4.57 Å². The van der Waals surface area contributed by atoms with E-state index in [1.807, 2.05) is 6.07 Å². The lowest BCUT2D eigenvalue weighted by atomic mass is 10.0. The molecule has 3 heteroatoms. The maximum atomic E-state index is 10.9. The van der Waals surface area contributed by atoms with Crippen molar-refractivity contribution in [2.75, 3.05) is 0 Å². The second-order valence-electron chi connectivity index (χ2n) is 4.87. The van der Waals surface area contributed by atoms with Gasteiger partial charge in [-0.3, -0.25) is 4.79 Å². The van der Waals surface area contributed by atoms with Crippen LogP contribution in [0.2, 0.25) is 0 Å². The number of carboxylic acids is 1. The number of carbonyl (C=O) groups is 1. The molecule has 0 amide bonds. The Kier molecular flexibility index (Phi) is 3.41. The molecule has 18 heavy (non-hydrogen) atoms. The Labute approximate surface area is 107 Å². The normalized spacial score (nSPS) is 12.8. The van der Waals surface area contributed by atoms with Crippen LogP contribution in [0.5, 0.6) is 0 Å². The number of aryl methyl sites for hydroxylation is 2. The largest absolute Gasteiger partial charge is 0.481 e. The zero-order valence-electron chi connectivity index (χ0n) is 11.1. The van der Waals surface area contributed by atoms with E-state index in [-0.39, 0.29) is 5.92 Å². The molecule has 3 nitrogen and oxygen atoms in total. The molecule has 0 aliphatic carbocycles. The summed E-state index contributed by atoms with van der Waals surface area (Å²) in [5.41, 5.74) is 3.56. The van der Waals surface area contributed by atoms with Crippen LogP contribution in [0.1, 0.15) is 25.1 Å². The molecule has 2 rings (SSSR count). The zero-order valence-corrected chi connectivity index (χ0v) is 11.1. The van der Waals surface area contributed by atoms with Gasteiger partial charge >= 0.3 is 5.97 Å². The van der Waals surface area contributed by atoms with Crippen molar-refractivity contribution in [2.45, 2.75) is 33.7 Å². The fourth-order valence-electron chi connectivity index (χ4n) is 2.45. The van der Waals surface area contributed by atoms with Gasteiger partial charge in [-0.2, -0.15) is 0 Å². The highest BCUT2D eigenvalue weighted by atomic mass is 16.4. The molecule has 1 unspecified atom stereocenters. The number of carboxylic acid groups (broad SMARTS) is 1. The summed E-state index contributed by atoms with van der Waals surface area (Å²) < 4.78 is 2.26. The fourth-order valence-corrected chi connectivity index (χ4v) is 2.45. The Hall–Kier alpha value is -1.77. The third-order valence-electron chi connectivity index (χ3n) is 3.45. The van der Waals surface area contributed by atoms with Gasteiger partial charge in [0.25, 0.3) is 0 Å². The summed E-state index contributed by atoms with van der Waals surface area (Å²) in [7, 11) is 0. The Morgan fingerprint density at radius 2 is 2.11 bits per heavy atom. The molecule has 0 bridgehead atoms. The number of aliphatic carboxylic acids is 1. The fraction of sp³-hybridized carbons (Fsp3) is 0.400. The number of rotatable bonds is 4. The molecular weight excluding hydrogens is 226 g/mol. The summed E-state index contributed by atoms with van der Waals surface area (Å²) in [5.74, 6) is -1.07. The van der Waals surface area contributed by atoms with E-state index in [1.54, 1.807) is 6.92 Å². The van der Waals surface area contributed by atoms with Gasteiger partial charge in [-0.05, 0) is 44.0 Å². The summed E-state index contributed by atoms with van der Waals surface area (Å²) in [6, 6.07) is 8.39. The average Bonchev–Trinajstić information content (AvgIpc) is 2.63. The second-order valence-corrected chi connectivity index (χ2v) is 4.87. The van der Waals surface area contributed by atoms with Gasteiger partial charge in [0, 0.05) is 23.1 Å². The Morgan fingerprint density at radius 1 is 1.39 bits per heavy atom. The minimum atomic E-state index is -0.739. The highest BCUT2D eigenvalue weighted by Gasteiger charge is 2.12. The maximum Gasteiger partial charge on any atom is 0.306 e. The molecule has 1 atom stereocenters. The summed E-state index contributed by atoms with van der Waals surface area (Å²) in [5, 5.41) is 10.1. The van der Waals surface area contributed by atoms with Crippen LogP contribution < -0.4 is 0 Å². The first kappa shape index (κ1) is 12.7. The molecule has 1 aromatic heterocycles. The number of hydrogen-bond acceptors (Lipinski definition) is 1.